The lowest BCUT2D eigenvalue weighted by Crippen LogP contribution is -2.45. The summed E-state index contributed by atoms with van der Waals surface area (Å²) in [6, 6.07) is 7.90. The van der Waals surface area contributed by atoms with Crippen molar-refractivity contribution >= 4 is 17.3 Å². The van der Waals surface area contributed by atoms with Gasteiger partial charge in [0.25, 0.3) is 5.91 Å². The maximum atomic E-state index is 14.6. The van der Waals surface area contributed by atoms with E-state index in [-0.39, 0.29) is 30.4 Å². The van der Waals surface area contributed by atoms with Crippen molar-refractivity contribution in [2.75, 3.05) is 30.4 Å². The van der Waals surface area contributed by atoms with Crippen molar-refractivity contribution in [2.45, 2.75) is 32.7 Å². The van der Waals surface area contributed by atoms with Gasteiger partial charge in [0.2, 0.25) is 0 Å². The van der Waals surface area contributed by atoms with E-state index in [4.69, 9.17) is 13.9 Å². The van der Waals surface area contributed by atoms with E-state index in [0.29, 0.717) is 30.2 Å². The maximum absolute atomic E-state index is 14.6. The van der Waals surface area contributed by atoms with Gasteiger partial charge in [0.1, 0.15) is 18.2 Å². The molecule has 1 aliphatic rings. The Hall–Kier alpha value is -2.38. The molecule has 2 aromatic rings. The number of nitrogens with one attached hydrogen (secondary N) is 1. The molecule has 1 aromatic carbocycles. The van der Waals surface area contributed by atoms with Gasteiger partial charge < -0.3 is 24.1 Å². The van der Waals surface area contributed by atoms with Gasteiger partial charge in [-0.1, -0.05) is 0 Å². The first kappa shape index (κ1) is 18.4. The molecule has 0 radical (unpaired) electrons. The molecule has 2 unspecified atom stereocenters. The van der Waals surface area contributed by atoms with Crippen LogP contribution in [0.5, 0.6) is 0 Å². The molecule has 1 fully saturated rings. The number of amides is 1. The van der Waals surface area contributed by atoms with Crippen LogP contribution in [0.1, 0.15) is 30.2 Å². The zero-order chi connectivity index (χ0) is 18.7. The zero-order valence-electron chi connectivity index (χ0n) is 15.1. The van der Waals surface area contributed by atoms with Gasteiger partial charge in [0.05, 0.1) is 17.9 Å². The second-order valence-electron chi connectivity index (χ2n) is 6.48. The standard InChI is InChI=1S/C19H23FN2O4/c1-12-9-22(10-13(2)25-12)17-6-4-14(8-16(17)20)21-19(23)18-7-5-15(26-18)11-24-3/h4-8,12-13H,9-11H2,1-3H3,(H,21,23). The first-order valence-electron chi connectivity index (χ1n) is 8.55. The van der Waals surface area contributed by atoms with Gasteiger partial charge >= 0.3 is 0 Å². The van der Waals surface area contributed by atoms with E-state index >= 15 is 0 Å². The van der Waals surface area contributed by atoms with Gasteiger partial charge in [-0.15, -0.1) is 0 Å². The Balaban J connectivity index is 1.69. The average molecular weight is 362 g/mol. The number of hydrogen-bond donors (Lipinski definition) is 1. The SMILES string of the molecule is COCc1ccc(C(=O)Nc2ccc(N3CC(C)OC(C)C3)c(F)c2)o1. The van der Waals surface area contributed by atoms with Gasteiger partial charge in [-0.05, 0) is 44.2 Å². The number of anilines is 2. The summed E-state index contributed by atoms with van der Waals surface area (Å²) in [4.78, 5) is 14.2. The smallest absolute Gasteiger partial charge is 0.291 e. The largest absolute Gasteiger partial charge is 0.453 e. The number of ether oxygens (including phenoxy) is 2. The summed E-state index contributed by atoms with van der Waals surface area (Å²) in [6.07, 6.45) is 0.0792. The fraction of sp³-hybridized carbons (Fsp3) is 0.421. The third-order valence-electron chi connectivity index (χ3n) is 4.14. The number of morpholine rings is 1. The fourth-order valence-corrected chi connectivity index (χ4v) is 3.13. The molecular formula is C19H23FN2O4. The van der Waals surface area contributed by atoms with Crippen molar-refractivity contribution in [3.8, 4) is 0 Å². The van der Waals surface area contributed by atoms with Crippen molar-refractivity contribution < 1.29 is 23.1 Å². The number of methoxy groups -OCH3 is 1. The highest BCUT2D eigenvalue weighted by molar-refractivity contribution is 6.02. The summed E-state index contributed by atoms with van der Waals surface area (Å²) in [5, 5.41) is 2.65. The zero-order valence-corrected chi connectivity index (χ0v) is 15.1. The quantitative estimate of drug-likeness (QED) is 0.883. The van der Waals surface area contributed by atoms with Crippen LogP contribution >= 0.6 is 0 Å². The Morgan fingerprint density at radius 3 is 2.65 bits per heavy atom. The van der Waals surface area contributed by atoms with Crippen molar-refractivity contribution in [3.05, 3.63) is 47.7 Å². The fourth-order valence-electron chi connectivity index (χ4n) is 3.13. The molecule has 0 spiro atoms. The van der Waals surface area contributed by atoms with E-state index in [9.17, 15) is 9.18 Å². The summed E-state index contributed by atoms with van der Waals surface area (Å²) in [5.74, 6) is -0.121. The minimum Gasteiger partial charge on any atom is -0.453 e. The van der Waals surface area contributed by atoms with Gasteiger partial charge in [0.15, 0.2) is 5.76 Å². The van der Waals surface area contributed by atoms with Crippen molar-refractivity contribution in [3.63, 3.8) is 0 Å². The van der Waals surface area contributed by atoms with Gasteiger partial charge in [-0.2, -0.15) is 0 Å². The minimum absolute atomic E-state index is 0.0396. The monoisotopic (exact) mass is 362 g/mol. The molecule has 6 nitrogen and oxygen atoms in total. The molecule has 1 amide bonds. The molecule has 26 heavy (non-hydrogen) atoms. The summed E-state index contributed by atoms with van der Waals surface area (Å²) in [6.45, 7) is 5.48. The second-order valence-corrected chi connectivity index (χ2v) is 6.48. The average Bonchev–Trinajstić information content (AvgIpc) is 3.03. The van der Waals surface area contributed by atoms with Crippen LogP contribution in [-0.2, 0) is 16.1 Å². The number of furan rings is 1. The molecule has 1 N–H and O–H groups in total. The number of rotatable bonds is 5. The molecule has 0 saturated carbocycles. The Morgan fingerprint density at radius 1 is 1.27 bits per heavy atom. The normalized spacial score (nSPS) is 20.2. The number of hydrogen-bond acceptors (Lipinski definition) is 5. The molecule has 1 aromatic heterocycles. The lowest BCUT2D eigenvalue weighted by atomic mass is 10.2. The van der Waals surface area contributed by atoms with Crippen LogP contribution in [0, 0.1) is 5.82 Å². The Bertz CT molecular complexity index is 767. The Labute approximate surface area is 151 Å². The second kappa shape index (κ2) is 7.88. The highest BCUT2D eigenvalue weighted by atomic mass is 19.1. The molecule has 140 valence electrons. The lowest BCUT2D eigenvalue weighted by Gasteiger charge is -2.37. The van der Waals surface area contributed by atoms with Gasteiger partial charge in [-0.25, -0.2) is 4.39 Å². The molecule has 2 atom stereocenters. The van der Waals surface area contributed by atoms with Crippen LogP contribution in [0.25, 0.3) is 0 Å². The number of halogens is 1. The Kier molecular flexibility index (Phi) is 5.58. The van der Waals surface area contributed by atoms with E-state index in [1.807, 2.05) is 18.7 Å². The topological polar surface area (TPSA) is 63.9 Å². The van der Waals surface area contributed by atoms with Crippen LogP contribution in [-0.4, -0.2) is 38.3 Å². The van der Waals surface area contributed by atoms with Crippen LogP contribution in [0.15, 0.2) is 34.7 Å². The minimum atomic E-state index is -0.437. The summed E-state index contributed by atoms with van der Waals surface area (Å²) in [5.41, 5.74) is 0.876. The first-order chi connectivity index (χ1) is 12.5. The third-order valence-corrected chi connectivity index (χ3v) is 4.14. The van der Waals surface area contributed by atoms with E-state index in [1.165, 1.54) is 6.07 Å². The summed E-state index contributed by atoms with van der Waals surface area (Å²) < 4.78 is 30.6. The molecule has 1 aliphatic heterocycles. The Morgan fingerprint density at radius 2 is 2.00 bits per heavy atom. The summed E-state index contributed by atoms with van der Waals surface area (Å²) in [7, 11) is 1.54. The van der Waals surface area contributed by atoms with Crippen molar-refractivity contribution in [1.82, 2.24) is 0 Å². The predicted octanol–water partition coefficient (Wildman–Crippen LogP) is 3.43. The van der Waals surface area contributed by atoms with E-state index in [0.717, 1.165) is 0 Å². The van der Waals surface area contributed by atoms with Crippen LogP contribution in [0.4, 0.5) is 15.8 Å². The van der Waals surface area contributed by atoms with E-state index < -0.39 is 5.91 Å². The predicted molar refractivity (Wildman–Crippen MR) is 96.0 cm³/mol. The van der Waals surface area contributed by atoms with Gasteiger partial charge in [-0.3, -0.25) is 4.79 Å². The molecular weight excluding hydrogens is 339 g/mol. The highest BCUT2D eigenvalue weighted by Gasteiger charge is 2.24. The lowest BCUT2D eigenvalue weighted by molar-refractivity contribution is -0.00539. The number of carbonyl (C=O) groups excluding carboxylic acids is 1. The van der Waals surface area contributed by atoms with Gasteiger partial charge in [0, 0.05) is 25.9 Å². The van der Waals surface area contributed by atoms with E-state index in [2.05, 4.69) is 5.32 Å². The number of nitrogens with zero attached hydrogens (tertiary/aromatic N) is 1. The molecule has 7 heteroatoms. The maximum Gasteiger partial charge on any atom is 0.291 e. The molecule has 3 rings (SSSR count). The highest BCUT2D eigenvalue weighted by Crippen LogP contribution is 2.26. The van der Waals surface area contributed by atoms with Crippen molar-refractivity contribution in [1.29, 1.82) is 0 Å². The molecule has 2 heterocycles. The van der Waals surface area contributed by atoms with Crippen LogP contribution in [0.2, 0.25) is 0 Å². The van der Waals surface area contributed by atoms with Crippen LogP contribution < -0.4 is 10.2 Å². The number of benzene rings is 1. The molecule has 0 aliphatic carbocycles. The number of carbonyl (C=O) groups is 1. The van der Waals surface area contributed by atoms with Crippen molar-refractivity contribution in [2.24, 2.45) is 0 Å². The van der Waals surface area contributed by atoms with E-state index in [1.54, 1.807) is 31.4 Å². The first-order valence-corrected chi connectivity index (χ1v) is 8.55. The summed E-state index contributed by atoms with van der Waals surface area (Å²) >= 11 is 0. The molecule has 0 bridgehead atoms. The van der Waals surface area contributed by atoms with Crippen LogP contribution in [0.3, 0.4) is 0 Å². The third kappa shape index (κ3) is 4.23. The molecule has 1 saturated heterocycles.